The van der Waals surface area contributed by atoms with Crippen molar-refractivity contribution in [3.63, 3.8) is 0 Å². The summed E-state index contributed by atoms with van der Waals surface area (Å²) >= 11 is 4.52. The van der Waals surface area contributed by atoms with Gasteiger partial charge >= 0.3 is 5.97 Å². The predicted molar refractivity (Wildman–Crippen MR) is 145 cm³/mol. The Morgan fingerprint density at radius 3 is 2.68 bits per heavy atom. The number of phenolic OH excluding ortho intramolecular Hbond substituents is 1. The van der Waals surface area contributed by atoms with Crippen LogP contribution >= 0.6 is 27.3 Å². The molecule has 37 heavy (non-hydrogen) atoms. The van der Waals surface area contributed by atoms with Gasteiger partial charge in [0.25, 0.3) is 5.56 Å². The van der Waals surface area contributed by atoms with Crippen molar-refractivity contribution < 1.29 is 24.1 Å². The summed E-state index contributed by atoms with van der Waals surface area (Å²) in [6, 6.07) is 9.80. The first-order valence-electron chi connectivity index (χ1n) is 11.4. The van der Waals surface area contributed by atoms with Crippen molar-refractivity contribution in [2.75, 3.05) is 20.3 Å². The number of halogens is 1. The Balaban J connectivity index is 1.90. The molecule has 192 valence electrons. The minimum atomic E-state index is -0.730. The standard InChI is InChI=1S/C27H25BrN2O6S/c1-5-11-36-18-9-7-17(8-10-18)23-22(26(33)35-6-2)15(3)29-27-30(23)25(32)21(37-27)14-16-12-19(28)24(31)20(13-16)34-4/h5,7-10,12-14,23,31H,1,6,11H2,2-4H3/b21-14-/t23-/m0/s1. The zero-order valence-corrected chi connectivity index (χ0v) is 22.9. The fraction of sp³-hybridized carbons (Fsp3) is 0.222. The lowest BCUT2D eigenvalue weighted by atomic mass is 9.96. The second-order valence-electron chi connectivity index (χ2n) is 8.02. The van der Waals surface area contributed by atoms with E-state index in [1.165, 1.54) is 23.0 Å². The molecule has 10 heteroatoms. The van der Waals surface area contributed by atoms with Gasteiger partial charge in [-0.1, -0.05) is 36.1 Å². The second kappa shape index (κ2) is 11.2. The van der Waals surface area contributed by atoms with Gasteiger partial charge in [-0.15, -0.1) is 0 Å². The van der Waals surface area contributed by atoms with Crippen LogP contribution in [0.2, 0.25) is 0 Å². The van der Waals surface area contributed by atoms with Crippen LogP contribution in [0, 0.1) is 0 Å². The predicted octanol–water partition coefficient (Wildman–Crippen LogP) is 3.84. The van der Waals surface area contributed by atoms with Crippen LogP contribution in [0.4, 0.5) is 0 Å². The number of phenols is 1. The van der Waals surface area contributed by atoms with Gasteiger partial charge in [-0.2, -0.15) is 0 Å². The van der Waals surface area contributed by atoms with Crippen molar-refractivity contribution >= 4 is 39.3 Å². The molecule has 0 fully saturated rings. The number of aromatic hydroxyl groups is 1. The molecule has 0 saturated heterocycles. The van der Waals surface area contributed by atoms with Crippen LogP contribution in [0.1, 0.15) is 31.0 Å². The van der Waals surface area contributed by atoms with Crippen LogP contribution in [0.15, 0.2) is 74.6 Å². The number of allylic oxidation sites excluding steroid dienone is 1. The van der Waals surface area contributed by atoms with E-state index in [-0.39, 0.29) is 23.7 Å². The third kappa shape index (κ3) is 5.26. The number of benzene rings is 2. The lowest BCUT2D eigenvalue weighted by Gasteiger charge is -2.24. The third-order valence-electron chi connectivity index (χ3n) is 5.65. The van der Waals surface area contributed by atoms with Crippen molar-refractivity contribution in [2.45, 2.75) is 19.9 Å². The number of hydrogen-bond donors (Lipinski definition) is 1. The number of fused-ring (bicyclic) bond motifs is 1. The monoisotopic (exact) mass is 584 g/mol. The zero-order valence-electron chi connectivity index (χ0n) is 20.5. The van der Waals surface area contributed by atoms with E-state index < -0.39 is 12.0 Å². The van der Waals surface area contributed by atoms with Gasteiger partial charge in [0.15, 0.2) is 16.3 Å². The van der Waals surface area contributed by atoms with Crippen LogP contribution in [-0.2, 0) is 9.53 Å². The van der Waals surface area contributed by atoms with Crippen molar-refractivity contribution in [3.8, 4) is 17.2 Å². The summed E-state index contributed by atoms with van der Waals surface area (Å²) < 4.78 is 18.5. The number of thiazole rings is 1. The smallest absolute Gasteiger partial charge is 0.338 e. The summed E-state index contributed by atoms with van der Waals surface area (Å²) in [5.41, 5.74) is 1.84. The number of hydrogen-bond acceptors (Lipinski definition) is 8. The molecule has 1 aromatic heterocycles. The molecule has 0 unspecified atom stereocenters. The summed E-state index contributed by atoms with van der Waals surface area (Å²) in [6.45, 7) is 7.67. The number of esters is 1. The fourth-order valence-corrected chi connectivity index (χ4v) is 5.50. The minimum absolute atomic E-state index is 0.0312. The average Bonchev–Trinajstić information content (AvgIpc) is 3.18. The number of rotatable bonds is 8. The Morgan fingerprint density at radius 2 is 2.03 bits per heavy atom. The average molecular weight is 585 g/mol. The molecule has 0 radical (unpaired) electrons. The lowest BCUT2D eigenvalue weighted by Crippen LogP contribution is -2.39. The number of carbonyl (C=O) groups excluding carboxylic acids is 1. The zero-order chi connectivity index (χ0) is 26.7. The minimum Gasteiger partial charge on any atom is -0.503 e. The Kier molecular flexibility index (Phi) is 7.99. The molecule has 1 atom stereocenters. The second-order valence-corrected chi connectivity index (χ2v) is 9.89. The molecule has 0 aliphatic carbocycles. The molecular weight excluding hydrogens is 560 g/mol. The van der Waals surface area contributed by atoms with Crippen LogP contribution in [-0.4, -0.2) is 36.0 Å². The number of nitrogens with zero attached hydrogens (tertiary/aromatic N) is 2. The van der Waals surface area contributed by atoms with Crippen molar-refractivity contribution in [2.24, 2.45) is 4.99 Å². The molecule has 1 aliphatic rings. The molecule has 3 aromatic rings. The first-order chi connectivity index (χ1) is 17.8. The first kappa shape index (κ1) is 26.4. The summed E-state index contributed by atoms with van der Waals surface area (Å²) in [6.07, 6.45) is 3.35. The van der Waals surface area contributed by atoms with E-state index in [4.69, 9.17) is 14.2 Å². The van der Waals surface area contributed by atoms with Gasteiger partial charge in [-0.25, -0.2) is 9.79 Å². The molecule has 0 amide bonds. The van der Waals surface area contributed by atoms with E-state index in [2.05, 4.69) is 27.5 Å². The van der Waals surface area contributed by atoms with E-state index in [0.29, 0.717) is 48.6 Å². The van der Waals surface area contributed by atoms with E-state index in [1.54, 1.807) is 50.3 Å². The van der Waals surface area contributed by atoms with E-state index in [0.717, 1.165) is 0 Å². The Bertz CT molecular complexity index is 1570. The molecule has 0 bridgehead atoms. The molecule has 1 aliphatic heterocycles. The summed E-state index contributed by atoms with van der Waals surface area (Å²) in [5, 5.41) is 10.1. The van der Waals surface area contributed by atoms with E-state index in [9.17, 15) is 14.7 Å². The first-order valence-corrected chi connectivity index (χ1v) is 13.0. The number of ether oxygens (including phenoxy) is 3. The van der Waals surface area contributed by atoms with Crippen LogP contribution < -0.4 is 24.4 Å². The van der Waals surface area contributed by atoms with Crippen LogP contribution in [0.5, 0.6) is 17.2 Å². The quantitative estimate of drug-likeness (QED) is 0.319. The van der Waals surface area contributed by atoms with Gasteiger partial charge in [0, 0.05) is 0 Å². The van der Waals surface area contributed by atoms with Crippen LogP contribution in [0.3, 0.4) is 0 Å². The Morgan fingerprint density at radius 1 is 1.30 bits per heavy atom. The van der Waals surface area contributed by atoms with Crippen molar-refractivity contribution in [1.29, 1.82) is 0 Å². The fourth-order valence-electron chi connectivity index (χ4n) is 3.99. The molecule has 8 nitrogen and oxygen atoms in total. The Labute approximate surface area is 225 Å². The highest BCUT2D eigenvalue weighted by molar-refractivity contribution is 9.10. The normalized spacial score (nSPS) is 15.1. The molecular formula is C27H25BrN2O6S. The molecule has 4 rings (SSSR count). The molecule has 0 spiro atoms. The number of methoxy groups -OCH3 is 1. The highest BCUT2D eigenvalue weighted by Gasteiger charge is 2.33. The van der Waals surface area contributed by atoms with Crippen molar-refractivity contribution in [1.82, 2.24) is 4.57 Å². The van der Waals surface area contributed by atoms with Crippen molar-refractivity contribution in [3.05, 3.63) is 95.6 Å². The molecule has 2 heterocycles. The maximum Gasteiger partial charge on any atom is 0.338 e. The SMILES string of the molecule is C=CCOc1ccc([C@H]2C(C(=O)OCC)=C(C)N=c3s/c(=C\c4cc(Br)c(O)c(OC)c4)c(=O)n32)cc1. The van der Waals surface area contributed by atoms with Gasteiger partial charge in [0.05, 0.1) is 40.0 Å². The number of aromatic nitrogens is 1. The molecule has 2 aromatic carbocycles. The van der Waals surface area contributed by atoms with Crippen LogP contribution in [0.25, 0.3) is 6.08 Å². The highest BCUT2D eigenvalue weighted by atomic mass is 79.9. The maximum atomic E-state index is 13.7. The van der Waals surface area contributed by atoms with Gasteiger partial charge < -0.3 is 19.3 Å². The van der Waals surface area contributed by atoms with Gasteiger partial charge in [-0.05, 0) is 71.2 Å². The largest absolute Gasteiger partial charge is 0.503 e. The van der Waals surface area contributed by atoms with Gasteiger partial charge in [0.1, 0.15) is 12.4 Å². The van der Waals surface area contributed by atoms with Gasteiger partial charge in [0.2, 0.25) is 0 Å². The van der Waals surface area contributed by atoms with E-state index >= 15 is 0 Å². The molecule has 0 saturated carbocycles. The summed E-state index contributed by atoms with van der Waals surface area (Å²) in [4.78, 5) is 31.8. The van der Waals surface area contributed by atoms with E-state index in [1.807, 2.05) is 12.1 Å². The summed E-state index contributed by atoms with van der Waals surface area (Å²) in [7, 11) is 1.45. The summed E-state index contributed by atoms with van der Waals surface area (Å²) in [5.74, 6) is 0.352. The number of carbonyl (C=O) groups is 1. The maximum absolute atomic E-state index is 13.7. The third-order valence-corrected chi connectivity index (χ3v) is 7.24. The molecule has 1 N–H and O–H groups in total. The highest BCUT2D eigenvalue weighted by Crippen LogP contribution is 2.35. The van der Waals surface area contributed by atoms with Gasteiger partial charge in [-0.3, -0.25) is 9.36 Å². The topological polar surface area (TPSA) is 99.4 Å². The lowest BCUT2D eigenvalue weighted by molar-refractivity contribution is -0.139. The Hall–Kier alpha value is -3.63.